The van der Waals surface area contributed by atoms with Crippen molar-refractivity contribution in [2.45, 2.75) is 26.8 Å². The molecule has 18 heavy (non-hydrogen) atoms. The number of nitrogens with zero attached hydrogens (tertiary/aromatic N) is 3. The fraction of sp³-hybridized carbons (Fsp3) is 0.750. The van der Waals surface area contributed by atoms with Gasteiger partial charge in [0.1, 0.15) is 6.33 Å². The van der Waals surface area contributed by atoms with E-state index in [-0.39, 0.29) is 11.3 Å². The van der Waals surface area contributed by atoms with Crippen molar-refractivity contribution in [3.63, 3.8) is 0 Å². The molecule has 0 saturated carbocycles. The highest BCUT2D eigenvalue weighted by Crippen LogP contribution is 2.34. The zero-order chi connectivity index (χ0) is 13.2. The average molecular weight is 251 g/mol. The van der Waals surface area contributed by atoms with Crippen molar-refractivity contribution in [2.24, 2.45) is 18.4 Å². The second-order valence-corrected chi connectivity index (χ2v) is 5.28. The Labute approximate surface area is 107 Å². The summed E-state index contributed by atoms with van der Waals surface area (Å²) in [6.07, 6.45) is 2.53. The molecule has 1 aromatic heterocycles. The van der Waals surface area contributed by atoms with Crippen molar-refractivity contribution in [2.75, 3.05) is 13.1 Å². The molecule has 2 rings (SSSR count). The zero-order valence-corrected chi connectivity index (χ0v) is 11.2. The summed E-state index contributed by atoms with van der Waals surface area (Å²) in [5, 5.41) is 14.0. The van der Waals surface area contributed by atoms with Crippen molar-refractivity contribution < 1.29 is 4.79 Å². The number of aryl methyl sites for hydroxylation is 1. The summed E-state index contributed by atoms with van der Waals surface area (Å²) in [6, 6.07) is 0. The van der Waals surface area contributed by atoms with Crippen LogP contribution in [-0.4, -0.2) is 33.8 Å². The lowest BCUT2D eigenvalue weighted by molar-refractivity contribution is -0.132. The first-order valence-electron chi connectivity index (χ1n) is 6.38. The maximum Gasteiger partial charge on any atom is 0.228 e. The quantitative estimate of drug-likeness (QED) is 0.794. The van der Waals surface area contributed by atoms with Crippen LogP contribution in [0.25, 0.3) is 0 Å². The van der Waals surface area contributed by atoms with Crippen molar-refractivity contribution in [1.29, 1.82) is 0 Å². The van der Waals surface area contributed by atoms with Crippen molar-refractivity contribution in [1.82, 2.24) is 25.4 Å². The van der Waals surface area contributed by atoms with Gasteiger partial charge in [-0.2, -0.15) is 0 Å². The Kier molecular flexibility index (Phi) is 3.65. The van der Waals surface area contributed by atoms with Crippen LogP contribution in [0.1, 0.15) is 26.1 Å². The molecule has 2 heterocycles. The number of carbonyl (C=O) groups excluding carboxylic acids is 1. The van der Waals surface area contributed by atoms with Gasteiger partial charge in [0, 0.05) is 13.6 Å². The highest BCUT2D eigenvalue weighted by atomic mass is 16.2. The van der Waals surface area contributed by atoms with E-state index in [1.165, 1.54) is 0 Å². The molecule has 6 nitrogen and oxygen atoms in total. The molecule has 2 N–H and O–H groups in total. The summed E-state index contributed by atoms with van der Waals surface area (Å²) >= 11 is 0. The topological polar surface area (TPSA) is 71.8 Å². The Morgan fingerprint density at radius 1 is 1.67 bits per heavy atom. The van der Waals surface area contributed by atoms with E-state index in [1.54, 1.807) is 6.33 Å². The Bertz CT molecular complexity index is 420. The van der Waals surface area contributed by atoms with Crippen LogP contribution in [0.2, 0.25) is 0 Å². The Hall–Kier alpha value is -1.43. The fourth-order valence-corrected chi connectivity index (χ4v) is 2.46. The highest BCUT2D eigenvalue weighted by Gasteiger charge is 2.43. The Morgan fingerprint density at radius 3 is 2.94 bits per heavy atom. The molecule has 0 radical (unpaired) electrons. The van der Waals surface area contributed by atoms with Gasteiger partial charge in [0.15, 0.2) is 5.82 Å². The average Bonchev–Trinajstić information content (AvgIpc) is 2.95. The van der Waals surface area contributed by atoms with Crippen molar-refractivity contribution in [3.05, 3.63) is 12.2 Å². The molecule has 0 bridgehead atoms. The van der Waals surface area contributed by atoms with Gasteiger partial charge in [0.05, 0.1) is 12.0 Å². The third kappa shape index (κ3) is 2.25. The van der Waals surface area contributed by atoms with Crippen LogP contribution in [0.3, 0.4) is 0 Å². The van der Waals surface area contributed by atoms with Gasteiger partial charge in [0.2, 0.25) is 5.91 Å². The van der Waals surface area contributed by atoms with Gasteiger partial charge >= 0.3 is 0 Å². The molecule has 1 amide bonds. The van der Waals surface area contributed by atoms with E-state index in [9.17, 15) is 4.79 Å². The molecule has 6 heteroatoms. The van der Waals surface area contributed by atoms with E-state index in [0.717, 1.165) is 25.3 Å². The molecular formula is C12H21N5O. The maximum atomic E-state index is 12.4. The number of rotatable bonds is 4. The summed E-state index contributed by atoms with van der Waals surface area (Å²) < 4.78 is 1.81. The molecule has 1 atom stereocenters. The minimum absolute atomic E-state index is 0.116. The van der Waals surface area contributed by atoms with Crippen LogP contribution in [0.4, 0.5) is 0 Å². The fourth-order valence-electron chi connectivity index (χ4n) is 2.46. The largest absolute Gasteiger partial charge is 0.348 e. The predicted molar refractivity (Wildman–Crippen MR) is 67.6 cm³/mol. The molecule has 0 spiro atoms. The number of amides is 1. The number of nitrogens with one attached hydrogen (secondary N) is 2. The second-order valence-electron chi connectivity index (χ2n) is 5.28. The molecule has 1 aromatic rings. The molecule has 1 aliphatic heterocycles. The monoisotopic (exact) mass is 251 g/mol. The molecule has 100 valence electrons. The van der Waals surface area contributed by atoms with Gasteiger partial charge in [-0.25, -0.2) is 0 Å². The lowest BCUT2D eigenvalue weighted by atomic mass is 9.75. The SMILES string of the molecule is CC(C)C1(C(=O)NCc2nncn2C)CCNC1. The number of hydrogen-bond acceptors (Lipinski definition) is 4. The number of hydrogen-bond donors (Lipinski definition) is 2. The lowest BCUT2D eigenvalue weighted by Gasteiger charge is -2.30. The third-order valence-corrected chi connectivity index (χ3v) is 3.96. The lowest BCUT2D eigenvalue weighted by Crippen LogP contribution is -2.46. The minimum Gasteiger partial charge on any atom is -0.348 e. The van der Waals surface area contributed by atoms with E-state index in [2.05, 4.69) is 34.7 Å². The van der Waals surface area contributed by atoms with Gasteiger partial charge < -0.3 is 15.2 Å². The Morgan fingerprint density at radius 2 is 2.44 bits per heavy atom. The first-order chi connectivity index (χ1) is 8.56. The summed E-state index contributed by atoms with van der Waals surface area (Å²) in [5.41, 5.74) is -0.279. The summed E-state index contributed by atoms with van der Waals surface area (Å²) in [7, 11) is 1.87. The van der Waals surface area contributed by atoms with Crippen LogP contribution < -0.4 is 10.6 Å². The first kappa shape index (κ1) is 13.0. The molecule has 1 saturated heterocycles. The van der Waals surface area contributed by atoms with E-state index in [0.29, 0.717) is 12.5 Å². The van der Waals surface area contributed by atoms with E-state index in [4.69, 9.17) is 0 Å². The standard InChI is InChI=1S/C12H21N5O/c1-9(2)12(4-5-13-7-12)11(18)14-6-10-16-15-8-17(10)3/h8-9,13H,4-7H2,1-3H3,(H,14,18). The Balaban J connectivity index is 2.00. The number of carbonyl (C=O) groups is 1. The van der Waals surface area contributed by atoms with Crippen LogP contribution in [-0.2, 0) is 18.4 Å². The zero-order valence-electron chi connectivity index (χ0n) is 11.2. The smallest absolute Gasteiger partial charge is 0.228 e. The molecule has 1 unspecified atom stereocenters. The van der Waals surface area contributed by atoms with Gasteiger partial charge in [0.25, 0.3) is 0 Å². The number of aromatic nitrogens is 3. The predicted octanol–water partition coefficient (Wildman–Crippen LogP) is 0.0670. The normalized spacial score (nSPS) is 23.6. The van der Waals surface area contributed by atoms with Crippen molar-refractivity contribution >= 4 is 5.91 Å². The maximum absolute atomic E-state index is 12.4. The summed E-state index contributed by atoms with van der Waals surface area (Å²) in [4.78, 5) is 12.4. The van der Waals surface area contributed by atoms with Crippen LogP contribution in [0.15, 0.2) is 6.33 Å². The summed E-state index contributed by atoms with van der Waals surface area (Å²) in [6.45, 7) is 6.32. The highest BCUT2D eigenvalue weighted by molar-refractivity contribution is 5.83. The van der Waals surface area contributed by atoms with E-state index >= 15 is 0 Å². The van der Waals surface area contributed by atoms with Gasteiger partial charge in [-0.1, -0.05) is 13.8 Å². The first-order valence-corrected chi connectivity index (χ1v) is 6.38. The van der Waals surface area contributed by atoms with E-state index < -0.39 is 0 Å². The third-order valence-electron chi connectivity index (χ3n) is 3.96. The van der Waals surface area contributed by atoms with Crippen molar-refractivity contribution in [3.8, 4) is 0 Å². The molecule has 0 aromatic carbocycles. The van der Waals surface area contributed by atoms with Gasteiger partial charge in [-0.3, -0.25) is 4.79 Å². The molecule has 0 aliphatic carbocycles. The van der Waals surface area contributed by atoms with Gasteiger partial charge in [-0.05, 0) is 18.9 Å². The molecular weight excluding hydrogens is 230 g/mol. The van der Waals surface area contributed by atoms with Crippen LogP contribution in [0, 0.1) is 11.3 Å². The molecule has 1 fully saturated rings. The summed E-state index contributed by atoms with van der Waals surface area (Å²) in [5.74, 6) is 1.21. The van der Waals surface area contributed by atoms with Crippen LogP contribution >= 0.6 is 0 Å². The molecule has 1 aliphatic rings. The minimum atomic E-state index is -0.279. The van der Waals surface area contributed by atoms with E-state index in [1.807, 2.05) is 11.6 Å². The second kappa shape index (κ2) is 5.06. The van der Waals surface area contributed by atoms with Crippen LogP contribution in [0.5, 0.6) is 0 Å². The van der Waals surface area contributed by atoms with Gasteiger partial charge in [-0.15, -0.1) is 10.2 Å².